The van der Waals surface area contributed by atoms with E-state index < -0.39 is 16.7 Å². The molecule has 0 saturated carbocycles. The SMILES string of the molecule is COc1cc(CC(=O)N/N=C2\C(=O)Nc3ccc(I)cc32)c([N+](=O)[O-])cc1OC. The van der Waals surface area contributed by atoms with Gasteiger partial charge in [0.15, 0.2) is 17.2 Å². The molecule has 150 valence electrons. The number of hydrazone groups is 1. The molecule has 0 bridgehead atoms. The zero-order valence-electron chi connectivity index (χ0n) is 15.3. The van der Waals surface area contributed by atoms with Gasteiger partial charge in [0, 0.05) is 14.7 Å². The number of ether oxygens (including phenoxy) is 2. The highest BCUT2D eigenvalue weighted by Crippen LogP contribution is 2.34. The molecular weight excluding hydrogens is 495 g/mol. The van der Waals surface area contributed by atoms with Crippen molar-refractivity contribution < 1.29 is 24.0 Å². The number of benzene rings is 2. The van der Waals surface area contributed by atoms with Gasteiger partial charge in [-0.1, -0.05) is 0 Å². The summed E-state index contributed by atoms with van der Waals surface area (Å²) in [6.07, 6.45) is -0.339. The summed E-state index contributed by atoms with van der Waals surface area (Å²) in [6.45, 7) is 0. The number of rotatable bonds is 6. The first kappa shape index (κ1) is 20.5. The molecule has 0 unspecified atom stereocenters. The number of carbonyl (C=O) groups excluding carboxylic acids is 2. The molecule has 0 saturated heterocycles. The maximum Gasteiger partial charge on any atom is 0.277 e. The Kier molecular flexibility index (Phi) is 5.96. The van der Waals surface area contributed by atoms with Gasteiger partial charge >= 0.3 is 0 Å². The molecule has 1 heterocycles. The number of amides is 2. The maximum atomic E-state index is 12.3. The van der Waals surface area contributed by atoms with Crippen LogP contribution in [0.1, 0.15) is 11.1 Å². The van der Waals surface area contributed by atoms with E-state index in [1.54, 1.807) is 12.1 Å². The first-order valence-electron chi connectivity index (χ1n) is 8.21. The minimum atomic E-state index is -0.625. The predicted molar refractivity (Wildman–Crippen MR) is 112 cm³/mol. The van der Waals surface area contributed by atoms with Crippen LogP contribution in [0.5, 0.6) is 11.5 Å². The van der Waals surface area contributed by atoms with Gasteiger partial charge in [0.25, 0.3) is 11.6 Å². The Bertz CT molecular complexity index is 1050. The summed E-state index contributed by atoms with van der Waals surface area (Å²) in [7, 11) is 2.74. The van der Waals surface area contributed by atoms with Gasteiger partial charge in [-0.3, -0.25) is 19.7 Å². The number of nitrogens with one attached hydrogen (secondary N) is 2. The Morgan fingerprint density at radius 1 is 1.24 bits per heavy atom. The molecule has 10 nitrogen and oxygen atoms in total. The molecule has 0 atom stereocenters. The van der Waals surface area contributed by atoms with Crippen LogP contribution in [-0.4, -0.2) is 36.7 Å². The molecule has 0 aromatic heterocycles. The molecular formula is C18H15IN4O6. The first-order valence-corrected chi connectivity index (χ1v) is 9.29. The van der Waals surface area contributed by atoms with E-state index in [9.17, 15) is 19.7 Å². The Hall–Kier alpha value is -3.22. The van der Waals surface area contributed by atoms with E-state index in [1.807, 2.05) is 6.07 Å². The number of anilines is 1. The van der Waals surface area contributed by atoms with Crippen molar-refractivity contribution in [3.8, 4) is 11.5 Å². The van der Waals surface area contributed by atoms with E-state index in [2.05, 4.69) is 38.4 Å². The van der Waals surface area contributed by atoms with E-state index in [0.29, 0.717) is 11.3 Å². The zero-order chi connectivity index (χ0) is 21.1. The standard InChI is InChI=1S/C18H15IN4O6/c1-28-14-5-9(13(23(26)27)8-15(14)29-2)6-16(24)21-22-17-11-7-10(19)3-4-12(11)20-18(17)25/h3-5,7-8H,6H2,1-2H3,(H,21,24)(H,20,22,25). The van der Waals surface area contributed by atoms with Crippen LogP contribution in [0.25, 0.3) is 0 Å². The third-order valence-corrected chi connectivity index (χ3v) is 4.80. The Labute approximate surface area is 178 Å². The Morgan fingerprint density at radius 2 is 1.93 bits per heavy atom. The molecule has 1 aliphatic rings. The first-order chi connectivity index (χ1) is 13.8. The lowest BCUT2D eigenvalue weighted by Gasteiger charge is -2.10. The van der Waals surface area contributed by atoms with Crippen LogP contribution in [-0.2, 0) is 16.0 Å². The van der Waals surface area contributed by atoms with Crippen LogP contribution in [0.4, 0.5) is 11.4 Å². The number of fused-ring (bicyclic) bond motifs is 1. The quantitative estimate of drug-likeness (QED) is 0.348. The molecule has 0 aliphatic carbocycles. The number of halogens is 1. The molecule has 0 radical (unpaired) electrons. The summed E-state index contributed by atoms with van der Waals surface area (Å²) in [5, 5.41) is 17.9. The van der Waals surface area contributed by atoms with Gasteiger partial charge in [-0.2, -0.15) is 5.10 Å². The van der Waals surface area contributed by atoms with Crippen molar-refractivity contribution in [2.75, 3.05) is 19.5 Å². The molecule has 0 fully saturated rings. The van der Waals surface area contributed by atoms with Crippen LogP contribution in [0, 0.1) is 13.7 Å². The normalized spacial score (nSPS) is 13.6. The second kappa shape index (κ2) is 8.43. The second-order valence-corrected chi connectivity index (χ2v) is 7.15. The van der Waals surface area contributed by atoms with Crippen LogP contribution >= 0.6 is 22.6 Å². The van der Waals surface area contributed by atoms with Crippen molar-refractivity contribution in [2.24, 2.45) is 5.10 Å². The average Bonchev–Trinajstić information content (AvgIpc) is 3.00. The monoisotopic (exact) mass is 510 g/mol. The molecule has 2 aromatic rings. The molecule has 3 rings (SSSR count). The zero-order valence-corrected chi connectivity index (χ0v) is 17.5. The van der Waals surface area contributed by atoms with Crippen molar-refractivity contribution in [1.29, 1.82) is 0 Å². The molecule has 29 heavy (non-hydrogen) atoms. The number of carbonyl (C=O) groups is 2. The van der Waals surface area contributed by atoms with Crippen molar-refractivity contribution in [1.82, 2.24) is 5.43 Å². The van der Waals surface area contributed by atoms with Crippen LogP contribution in [0.2, 0.25) is 0 Å². The van der Waals surface area contributed by atoms with Gasteiger partial charge in [-0.05, 0) is 46.9 Å². The van der Waals surface area contributed by atoms with E-state index >= 15 is 0 Å². The van der Waals surface area contributed by atoms with Crippen LogP contribution in [0.15, 0.2) is 35.4 Å². The van der Waals surface area contributed by atoms with Gasteiger partial charge < -0.3 is 14.8 Å². The van der Waals surface area contributed by atoms with Gasteiger partial charge in [0.1, 0.15) is 0 Å². The molecule has 1 aliphatic heterocycles. The largest absolute Gasteiger partial charge is 0.493 e. The number of nitrogens with zero attached hydrogens (tertiary/aromatic N) is 2. The third kappa shape index (κ3) is 4.29. The molecule has 11 heteroatoms. The minimum Gasteiger partial charge on any atom is -0.493 e. The van der Waals surface area contributed by atoms with Gasteiger partial charge in [0.05, 0.1) is 37.3 Å². The van der Waals surface area contributed by atoms with Crippen LogP contribution < -0.4 is 20.2 Å². The third-order valence-electron chi connectivity index (χ3n) is 4.12. The summed E-state index contributed by atoms with van der Waals surface area (Å²) in [5.74, 6) is -0.637. The van der Waals surface area contributed by atoms with Crippen molar-refractivity contribution in [3.63, 3.8) is 0 Å². The van der Waals surface area contributed by atoms with Gasteiger partial charge in [-0.25, -0.2) is 5.43 Å². The summed E-state index contributed by atoms with van der Waals surface area (Å²) in [4.78, 5) is 35.2. The number of nitro benzene ring substituents is 1. The fourth-order valence-corrected chi connectivity index (χ4v) is 3.28. The lowest BCUT2D eigenvalue weighted by Crippen LogP contribution is -2.25. The van der Waals surface area contributed by atoms with Crippen LogP contribution in [0.3, 0.4) is 0 Å². The van der Waals surface area contributed by atoms with Crippen molar-refractivity contribution in [2.45, 2.75) is 6.42 Å². The Balaban J connectivity index is 1.83. The Morgan fingerprint density at radius 3 is 2.59 bits per heavy atom. The highest BCUT2D eigenvalue weighted by atomic mass is 127. The number of methoxy groups -OCH3 is 2. The molecule has 2 amide bonds. The number of hydrogen-bond acceptors (Lipinski definition) is 7. The van der Waals surface area contributed by atoms with Crippen molar-refractivity contribution >= 4 is 51.5 Å². The van der Waals surface area contributed by atoms with E-state index in [1.165, 1.54) is 26.4 Å². The summed E-state index contributed by atoms with van der Waals surface area (Å²) < 4.78 is 11.1. The number of nitro groups is 1. The van der Waals surface area contributed by atoms with Gasteiger partial charge in [0.2, 0.25) is 5.91 Å². The average molecular weight is 510 g/mol. The molecule has 2 N–H and O–H groups in total. The van der Waals surface area contributed by atoms with Gasteiger partial charge in [-0.15, -0.1) is 0 Å². The van der Waals surface area contributed by atoms with E-state index in [4.69, 9.17) is 9.47 Å². The highest BCUT2D eigenvalue weighted by Gasteiger charge is 2.27. The van der Waals surface area contributed by atoms with E-state index in [-0.39, 0.29) is 34.9 Å². The van der Waals surface area contributed by atoms with Crippen molar-refractivity contribution in [3.05, 3.63) is 55.1 Å². The second-order valence-electron chi connectivity index (χ2n) is 5.91. The lowest BCUT2D eigenvalue weighted by molar-refractivity contribution is -0.385. The summed E-state index contributed by atoms with van der Waals surface area (Å²) in [5.41, 5.74) is 3.35. The van der Waals surface area contributed by atoms with E-state index in [0.717, 1.165) is 3.57 Å². The highest BCUT2D eigenvalue weighted by molar-refractivity contribution is 14.1. The summed E-state index contributed by atoms with van der Waals surface area (Å²) >= 11 is 2.10. The fourth-order valence-electron chi connectivity index (χ4n) is 2.79. The minimum absolute atomic E-state index is 0.0636. The number of hydrogen-bond donors (Lipinski definition) is 2. The maximum absolute atomic E-state index is 12.3. The topological polar surface area (TPSA) is 132 Å². The lowest BCUT2D eigenvalue weighted by atomic mass is 10.1. The smallest absolute Gasteiger partial charge is 0.277 e. The molecule has 0 spiro atoms. The predicted octanol–water partition coefficient (Wildman–Crippen LogP) is 2.23. The summed E-state index contributed by atoms with van der Waals surface area (Å²) in [6, 6.07) is 7.89. The fraction of sp³-hybridized carbons (Fsp3) is 0.167. The molecule has 2 aromatic carbocycles.